The molecule has 0 saturated carbocycles. The molecular weight excluding hydrogens is 197 g/mol. The summed E-state index contributed by atoms with van der Waals surface area (Å²) < 4.78 is 39.2. The van der Waals surface area contributed by atoms with E-state index < -0.39 is 6.36 Å². The van der Waals surface area contributed by atoms with E-state index in [9.17, 15) is 13.2 Å². The molecule has 0 aliphatic carbocycles. The van der Waals surface area contributed by atoms with Crippen LogP contribution in [0.1, 0.15) is 11.4 Å². The highest BCUT2D eigenvalue weighted by atomic mass is 19.4. The van der Waals surface area contributed by atoms with Gasteiger partial charge in [0, 0.05) is 6.54 Å². The summed E-state index contributed by atoms with van der Waals surface area (Å²) in [5, 5.41) is 0. The number of pyridine rings is 1. The predicted molar refractivity (Wildman–Crippen MR) is 43.5 cm³/mol. The van der Waals surface area contributed by atoms with Crippen molar-refractivity contribution in [3.8, 4) is 5.75 Å². The molecule has 0 radical (unpaired) electrons. The highest BCUT2D eigenvalue weighted by Crippen LogP contribution is 2.24. The molecule has 0 bridgehead atoms. The maximum Gasteiger partial charge on any atom is 0.573 e. The number of aryl methyl sites for hydroxylation is 1. The normalized spacial score (nSPS) is 11.5. The molecule has 3 nitrogen and oxygen atoms in total. The summed E-state index contributed by atoms with van der Waals surface area (Å²) in [5.41, 5.74) is 5.97. The molecule has 0 amide bonds. The summed E-state index contributed by atoms with van der Waals surface area (Å²) in [6.07, 6.45) is -4.68. The first-order valence-corrected chi connectivity index (χ1v) is 3.84. The maximum atomic E-state index is 11.8. The molecule has 78 valence electrons. The average Bonchev–Trinajstić information content (AvgIpc) is 2.06. The highest BCUT2D eigenvalue weighted by molar-refractivity contribution is 5.28. The van der Waals surface area contributed by atoms with Crippen molar-refractivity contribution in [2.75, 3.05) is 0 Å². The first-order valence-electron chi connectivity index (χ1n) is 3.84. The number of hydrogen-bond donors (Lipinski definition) is 1. The van der Waals surface area contributed by atoms with Crippen molar-refractivity contribution in [3.63, 3.8) is 0 Å². The lowest BCUT2D eigenvalue weighted by Gasteiger charge is -2.10. The Morgan fingerprint density at radius 1 is 1.43 bits per heavy atom. The molecule has 0 fully saturated rings. The van der Waals surface area contributed by atoms with Gasteiger partial charge in [0.05, 0.1) is 11.4 Å². The lowest BCUT2D eigenvalue weighted by atomic mass is 10.3. The Hall–Kier alpha value is -1.30. The molecule has 0 unspecified atom stereocenters. The number of hydrogen-bond acceptors (Lipinski definition) is 3. The number of halogens is 3. The van der Waals surface area contributed by atoms with Crippen molar-refractivity contribution in [3.05, 3.63) is 23.5 Å². The summed E-state index contributed by atoms with van der Waals surface area (Å²) in [6, 6.07) is 2.60. The van der Waals surface area contributed by atoms with E-state index in [1.165, 1.54) is 19.1 Å². The zero-order valence-corrected chi connectivity index (χ0v) is 7.43. The maximum absolute atomic E-state index is 11.8. The van der Waals surface area contributed by atoms with Gasteiger partial charge in [0.1, 0.15) is 0 Å². The van der Waals surface area contributed by atoms with Crippen molar-refractivity contribution in [1.82, 2.24) is 4.98 Å². The summed E-state index contributed by atoms with van der Waals surface area (Å²) >= 11 is 0. The molecule has 1 heterocycles. The zero-order chi connectivity index (χ0) is 10.8. The monoisotopic (exact) mass is 206 g/mol. The van der Waals surface area contributed by atoms with Crippen molar-refractivity contribution in [2.24, 2.45) is 5.73 Å². The fraction of sp³-hybridized carbons (Fsp3) is 0.375. The minimum Gasteiger partial charge on any atom is -0.404 e. The largest absolute Gasteiger partial charge is 0.573 e. The van der Waals surface area contributed by atoms with Gasteiger partial charge in [-0.3, -0.25) is 4.98 Å². The van der Waals surface area contributed by atoms with Crippen LogP contribution < -0.4 is 10.5 Å². The van der Waals surface area contributed by atoms with Crippen LogP contribution in [-0.2, 0) is 6.54 Å². The molecule has 14 heavy (non-hydrogen) atoms. The molecule has 0 aromatic carbocycles. The topological polar surface area (TPSA) is 48.1 Å². The second kappa shape index (κ2) is 3.83. The lowest BCUT2D eigenvalue weighted by Crippen LogP contribution is -2.18. The third kappa shape index (κ3) is 2.88. The molecule has 0 aliphatic rings. The van der Waals surface area contributed by atoms with Crippen LogP contribution in [0.3, 0.4) is 0 Å². The average molecular weight is 206 g/mol. The Bertz CT molecular complexity index is 325. The van der Waals surface area contributed by atoms with Crippen LogP contribution in [-0.4, -0.2) is 11.3 Å². The lowest BCUT2D eigenvalue weighted by molar-refractivity contribution is -0.275. The molecule has 0 saturated heterocycles. The summed E-state index contributed by atoms with van der Waals surface area (Å²) in [6.45, 7) is 1.62. The Morgan fingerprint density at radius 3 is 2.50 bits per heavy atom. The molecule has 2 N–H and O–H groups in total. The first-order chi connectivity index (χ1) is 6.42. The fourth-order valence-corrected chi connectivity index (χ4v) is 0.946. The van der Waals surface area contributed by atoms with Gasteiger partial charge in [-0.25, -0.2) is 0 Å². The zero-order valence-electron chi connectivity index (χ0n) is 7.43. The van der Waals surface area contributed by atoms with Gasteiger partial charge in [-0.1, -0.05) is 0 Å². The molecule has 6 heteroatoms. The third-order valence-corrected chi connectivity index (χ3v) is 1.53. The minimum absolute atomic E-state index is 0.172. The Kier molecular flexibility index (Phi) is 2.95. The van der Waals surface area contributed by atoms with Gasteiger partial charge in [0.25, 0.3) is 0 Å². The predicted octanol–water partition coefficient (Wildman–Crippen LogP) is 1.75. The van der Waals surface area contributed by atoms with Crippen LogP contribution in [0.15, 0.2) is 12.1 Å². The van der Waals surface area contributed by atoms with E-state index in [4.69, 9.17) is 5.73 Å². The summed E-state index contributed by atoms with van der Waals surface area (Å²) in [4.78, 5) is 3.83. The standard InChI is InChI=1S/C8H9F3N2O/c1-5-7(14-8(9,10)11)3-2-6(4-12)13-5/h2-3H,4,12H2,1H3. The van der Waals surface area contributed by atoms with E-state index in [1.54, 1.807) is 0 Å². The quantitative estimate of drug-likeness (QED) is 0.801. The Morgan fingerprint density at radius 2 is 2.07 bits per heavy atom. The van der Waals surface area contributed by atoms with Crippen LogP contribution >= 0.6 is 0 Å². The fourth-order valence-electron chi connectivity index (χ4n) is 0.946. The van der Waals surface area contributed by atoms with E-state index in [0.717, 1.165) is 0 Å². The second-order valence-electron chi connectivity index (χ2n) is 2.64. The van der Waals surface area contributed by atoms with Crippen LogP contribution in [0.4, 0.5) is 13.2 Å². The van der Waals surface area contributed by atoms with Crippen LogP contribution in [0, 0.1) is 6.92 Å². The highest BCUT2D eigenvalue weighted by Gasteiger charge is 2.31. The summed E-state index contributed by atoms with van der Waals surface area (Å²) in [5.74, 6) is -0.297. The SMILES string of the molecule is Cc1nc(CN)ccc1OC(F)(F)F. The number of ether oxygens (including phenoxy) is 1. The Balaban J connectivity index is 2.89. The van der Waals surface area contributed by atoms with E-state index in [1.807, 2.05) is 0 Å². The van der Waals surface area contributed by atoms with Crippen LogP contribution in [0.5, 0.6) is 5.75 Å². The van der Waals surface area contributed by atoms with Gasteiger partial charge < -0.3 is 10.5 Å². The molecule has 1 aromatic heterocycles. The van der Waals surface area contributed by atoms with E-state index in [0.29, 0.717) is 5.69 Å². The number of nitrogens with zero attached hydrogens (tertiary/aromatic N) is 1. The summed E-state index contributed by atoms with van der Waals surface area (Å²) in [7, 11) is 0. The number of nitrogens with two attached hydrogens (primary N) is 1. The minimum atomic E-state index is -4.68. The molecular formula is C8H9F3N2O. The molecule has 0 aliphatic heterocycles. The van der Waals surface area contributed by atoms with Gasteiger partial charge in [0.2, 0.25) is 0 Å². The van der Waals surface area contributed by atoms with Crippen LogP contribution in [0.2, 0.25) is 0 Å². The molecule has 0 atom stereocenters. The van der Waals surface area contributed by atoms with Gasteiger partial charge in [-0.15, -0.1) is 13.2 Å². The van der Waals surface area contributed by atoms with Crippen molar-refractivity contribution < 1.29 is 17.9 Å². The van der Waals surface area contributed by atoms with E-state index in [2.05, 4.69) is 9.72 Å². The van der Waals surface area contributed by atoms with Gasteiger partial charge in [-0.2, -0.15) is 0 Å². The van der Waals surface area contributed by atoms with E-state index >= 15 is 0 Å². The van der Waals surface area contributed by atoms with Gasteiger partial charge in [-0.05, 0) is 19.1 Å². The second-order valence-corrected chi connectivity index (χ2v) is 2.64. The van der Waals surface area contributed by atoms with Crippen molar-refractivity contribution in [2.45, 2.75) is 19.8 Å². The van der Waals surface area contributed by atoms with Crippen LogP contribution in [0.25, 0.3) is 0 Å². The van der Waals surface area contributed by atoms with E-state index in [-0.39, 0.29) is 18.0 Å². The van der Waals surface area contributed by atoms with Crippen molar-refractivity contribution in [1.29, 1.82) is 0 Å². The molecule has 1 aromatic rings. The van der Waals surface area contributed by atoms with Gasteiger partial charge in [0.15, 0.2) is 5.75 Å². The number of rotatable bonds is 2. The molecule has 1 rings (SSSR count). The third-order valence-electron chi connectivity index (χ3n) is 1.53. The smallest absolute Gasteiger partial charge is 0.404 e. The van der Waals surface area contributed by atoms with Crippen molar-refractivity contribution >= 4 is 0 Å². The van der Waals surface area contributed by atoms with Gasteiger partial charge >= 0.3 is 6.36 Å². The number of alkyl halides is 3. The first kappa shape index (κ1) is 10.8. The molecule has 0 spiro atoms. The Labute approximate surface area is 78.7 Å². The number of aromatic nitrogens is 1.